The molecule has 0 radical (unpaired) electrons. The summed E-state index contributed by atoms with van der Waals surface area (Å²) in [6.07, 6.45) is 4.38. The Labute approximate surface area is 185 Å². The smallest absolute Gasteiger partial charge is 0.257 e. The molecule has 7 heteroatoms. The van der Waals surface area contributed by atoms with E-state index in [1.54, 1.807) is 11.0 Å². The number of aromatic nitrogens is 2. The minimum atomic E-state index is -0.726. The van der Waals surface area contributed by atoms with Crippen LogP contribution in [0.5, 0.6) is 0 Å². The number of halogens is 3. The van der Waals surface area contributed by atoms with Crippen LogP contribution in [0.25, 0.3) is 11.0 Å². The molecule has 0 N–H and O–H groups in total. The topological polar surface area (TPSA) is 38.1 Å². The first-order valence-electron chi connectivity index (χ1n) is 10.7. The maximum absolute atomic E-state index is 14.3. The van der Waals surface area contributed by atoms with Gasteiger partial charge >= 0.3 is 0 Å². The van der Waals surface area contributed by atoms with Crippen molar-refractivity contribution in [3.63, 3.8) is 0 Å². The molecule has 2 aromatic carbocycles. The molecule has 4 rings (SSSR count). The lowest BCUT2D eigenvalue weighted by Crippen LogP contribution is -2.35. The summed E-state index contributed by atoms with van der Waals surface area (Å²) in [6, 6.07) is 8.86. The van der Waals surface area contributed by atoms with Crippen LogP contribution in [0.2, 0.25) is 5.02 Å². The third kappa shape index (κ3) is 4.59. The van der Waals surface area contributed by atoms with Crippen molar-refractivity contribution in [3.8, 4) is 0 Å². The summed E-state index contributed by atoms with van der Waals surface area (Å²) in [4.78, 5) is 19.6. The quantitative estimate of drug-likeness (QED) is 0.441. The van der Waals surface area contributed by atoms with Crippen molar-refractivity contribution >= 4 is 28.5 Å². The maximum atomic E-state index is 14.3. The van der Waals surface area contributed by atoms with Gasteiger partial charge in [-0.15, -0.1) is 0 Å². The lowest BCUT2D eigenvalue weighted by Gasteiger charge is -2.26. The van der Waals surface area contributed by atoms with Crippen molar-refractivity contribution < 1.29 is 13.6 Å². The highest BCUT2D eigenvalue weighted by molar-refractivity contribution is 6.31. The molecular weight excluding hydrogens is 420 g/mol. The predicted molar refractivity (Wildman–Crippen MR) is 118 cm³/mol. The largest absolute Gasteiger partial charge is 0.331 e. The van der Waals surface area contributed by atoms with Gasteiger partial charge in [0.05, 0.1) is 23.1 Å². The number of amides is 1. The second-order valence-electron chi connectivity index (χ2n) is 8.67. The molecule has 1 heterocycles. The fraction of sp³-hybridized carbons (Fsp3) is 0.417. The molecule has 0 aliphatic heterocycles. The van der Waals surface area contributed by atoms with E-state index in [1.165, 1.54) is 0 Å². The Morgan fingerprint density at radius 1 is 1.19 bits per heavy atom. The molecule has 1 aromatic heterocycles. The number of rotatable bonds is 6. The number of hydrogen-bond acceptors (Lipinski definition) is 2. The Kier molecular flexibility index (Phi) is 6.28. The Hall–Kier alpha value is -2.47. The van der Waals surface area contributed by atoms with Crippen molar-refractivity contribution in [1.82, 2.24) is 14.5 Å². The molecule has 1 amide bonds. The van der Waals surface area contributed by atoms with Gasteiger partial charge in [-0.05, 0) is 55.2 Å². The van der Waals surface area contributed by atoms with E-state index in [1.807, 2.05) is 26.0 Å². The molecule has 1 aliphatic rings. The third-order valence-corrected chi connectivity index (χ3v) is 6.01. The fourth-order valence-corrected chi connectivity index (χ4v) is 4.63. The van der Waals surface area contributed by atoms with Crippen LogP contribution >= 0.6 is 11.6 Å². The normalized spacial score (nSPS) is 14.6. The molecule has 31 heavy (non-hydrogen) atoms. The van der Waals surface area contributed by atoms with Crippen LogP contribution in [0.1, 0.15) is 61.8 Å². The second kappa shape index (κ2) is 8.95. The minimum Gasteiger partial charge on any atom is -0.331 e. The van der Waals surface area contributed by atoms with Gasteiger partial charge in [-0.2, -0.15) is 0 Å². The average Bonchev–Trinajstić information content (AvgIpc) is 3.35. The van der Waals surface area contributed by atoms with E-state index in [9.17, 15) is 13.6 Å². The summed E-state index contributed by atoms with van der Waals surface area (Å²) < 4.78 is 30.3. The van der Waals surface area contributed by atoms with Crippen molar-refractivity contribution in [2.45, 2.75) is 52.1 Å². The van der Waals surface area contributed by atoms with Gasteiger partial charge < -0.3 is 9.47 Å². The van der Waals surface area contributed by atoms with E-state index in [-0.39, 0.29) is 18.0 Å². The van der Waals surface area contributed by atoms with Gasteiger partial charge in [0.2, 0.25) is 0 Å². The molecule has 1 fully saturated rings. The molecule has 3 aromatic rings. The lowest BCUT2D eigenvalue weighted by molar-refractivity contribution is 0.0710. The van der Waals surface area contributed by atoms with Crippen LogP contribution in [-0.4, -0.2) is 26.9 Å². The zero-order valence-corrected chi connectivity index (χ0v) is 18.5. The first-order valence-corrected chi connectivity index (χ1v) is 11.1. The van der Waals surface area contributed by atoms with Crippen LogP contribution in [-0.2, 0) is 6.54 Å². The molecule has 164 valence electrons. The molecule has 0 spiro atoms. The zero-order chi connectivity index (χ0) is 22.1. The Morgan fingerprint density at radius 2 is 1.94 bits per heavy atom. The first kappa shape index (κ1) is 21.8. The van der Waals surface area contributed by atoms with Crippen LogP contribution in [0.3, 0.4) is 0 Å². The molecule has 0 bridgehead atoms. The van der Waals surface area contributed by atoms with Gasteiger partial charge in [0, 0.05) is 17.6 Å². The van der Waals surface area contributed by atoms with Crippen molar-refractivity contribution in [3.05, 3.63) is 64.4 Å². The average molecular weight is 446 g/mol. The highest BCUT2D eigenvalue weighted by atomic mass is 35.5. The highest BCUT2D eigenvalue weighted by Gasteiger charge is 2.27. The standard InChI is InChI=1S/C24H26ClF2N3O/c1-15(2)13-29(24(31)19-12-17(26)8-9-20(19)27)14-23-28-21-10-7-16(25)11-22(21)30(23)18-5-3-4-6-18/h7-12,15,18H,3-6,13-14H2,1-2H3. The Bertz CT molecular complexity index is 1110. The maximum Gasteiger partial charge on any atom is 0.257 e. The molecule has 1 aliphatic carbocycles. The summed E-state index contributed by atoms with van der Waals surface area (Å²) >= 11 is 6.26. The Morgan fingerprint density at radius 3 is 2.65 bits per heavy atom. The van der Waals surface area contributed by atoms with Crippen LogP contribution in [0, 0.1) is 17.6 Å². The summed E-state index contributed by atoms with van der Waals surface area (Å²) in [6.45, 7) is 4.60. The second-order valence-corrected chi connectivity index (χ2v) is 9.11. The van der Waals surface area contributed by atoms with E-state index in [0.29, 0.717) is 17.6 Å². The fourth-order valence-electron chi connectivity index (χ4n) is 4.46. The van der Waals surface area contributed by atoms with Gasteiger partial charge in [-0.25, -0.2) is 13.8 Å². The zero-order valence-electron chi connectivity index (χ0n) is 17.7. The van der Waals surface area contributed by atoms with Crippen molar-refractivity contribution in [2.75, 3.05) is 6.54 Å². The molecule has 0 atom stereocenters. The van der Waals surface area contributed by atoms with E-state index in [0.717, 1.165) is 60.7 Å². The molecule has 0 saturated heterocycles. The number of carbonyl (C=O) groups is 1. The molecule has 4 nitrogen and oxygen atoms in total. The Balaban J connectivity index is 1.75. The number of nitrogens with zero attached hydrogens (tertiary/aromatic N) is 3. The summed E-state index contributed by atoms with van der Waals surface area (Å²) in [7, 11) is 0. The van der Waals surface area contributed by atoms with Gasteiger partial charge in [0.15, 0.2) is 0 Å². The SMILES string of the molecule is CC(C)CN(Cc1nc2ccc(Cl)cc2n1C1CCCC1)C(=O)c1cc(F)ccc1F. The summed E-state index contributed by atoms with van der Waals surface area (Å²) in [5.41, 5.74) is 1.51. The number of carbonyl (C=O) groups excluding carboxylic acids is 1. The molecule has 0 unspecified atom stereocenters. The van der Waals surface area contributed by atoms with E-state index in [4.69, 9.17) is 16.6 Å². The number of benzene rings is 2. The number of imidazole rings is 1. The lowest BCUT2D eigenvalue weighted by atomic mass is 10.1. The van der Waals surface area contributed by atoms with Crippen LogP contribution < -0.4 is 0 Å². The van der Waals surface area contributed by atoms with E-state index >= 15 is 0 Å². The summed E-state index contributed by atoms with van der Waals surface area (Å²) in [5, 5.41) is 0.634. The van der Waals surface area contributed by atoms with Crippen LogP contribution in [0.15, 0.2) is 36.4 Å². The predicted octanol–water partition coefficient (Wildman–Crippen LogP) is 6.38. The van der Waals surface area contributed by atoms with Gasteiger partial charge in [0.25, 0.3) is 5.91 Å². The van der Waals surface area contributed by atoms with E-state index in [2.05, 4.69) is 4.57 Å². The van der Waals surface area contributed by atoms with Gasteiger partial charge in [0.1, 0.15) is 17.5 Å². The van der Waals surface area contributed by atoms with Gasteiger partial charge in [-0.1, -0.05) is 38.3 Å². The molecular formula is C24H26ClF2N3O. The first-order chi connectivity index (χ1) is 14.8. The van der Waals surface area contributed by atoms with Crippen molar-refractivity contribution in [2.24, 2.45) is 5.92 Å². The molecule has 1 saturated carbocycles. The van der Waals surface area contributed by atoms with E-state index < -0.39 is 17.5 Å². The van der Waals surface area contributed by atoms with Gasteiger partial charge in [-0.3, -0.25) is 4.79 Å². The highest BCUT2D eigenvalue weighted by Crippen LogP contribution is 2.35. The number of hydrogen-bond donors (Lipinski definition) is 0. The van der Waals surface area contributed by atoms with Crippen LogP contribution in [0.4, 0.5) is 8.78 Å². The third-order valence-electron chi connectivity index (χ3n) is 5.78. The minimum absolute atomic E-state index is 0.152. The van der Waals surface area contributed by atoms with Crippen molar-refractivity contribution in [1.29, 1.82) is 0 Å². The summed E-state index contributed by atoms with van der Waals surface area (Å²) in [5.74, 6) is -0.999. The number of fused-ring (bicyclic) bond motifs is 1. The monoisotopic (exact) mass is 445 g/mol.